The number of nitrogens with zero attached hydrogens (tertiary/aromatic N) is 1. The molecule has 0 rings (SSSR count). The smallest absolute Gasteiger partial charge is 0.268 e. The molecular weight excluding hydrogens is 912 g/mol. The van der Waals surface area contributed by atoms with Crippen LogP contribution in [0.1, 0.15) is 194 Å². The molecule has 0 aromatic carbocycles. The molecular formula is C63H105N2O6P. The van der Waals surface area contributed by atoms with E-state index in [0.29, 0.717) is 17.4 Å². The Hall–Kier alpha value is -3.62. The summed E-state index contributed by atoms with van der Waals surface area (Å²) in [5.74, 6) is -0.256. The van der Waals surface area contributed by atoms with Crippen LogP contribution >= 0.6 is 7.82 Å². The van der Waals surface area contributed by atoms with Crippen LogP contribution in [0.2, 0.25) is 0 Å². The third-order valence-corrected chi connectivity index (χ3v) is 12.5. The van der Waals surface area contributed by atoms with E-state index in [2.05, 4.69) is 153 Å². The Balaban J connectivity index is 4.39. The van der Waals surface area contributed by atoms with E-state index >= 15 is 0 Å². The van der Waals surface area contributed by atoms with Gasteiger partial charge in [-0.2, -0.15) is 0 Å². The Labute approximate surface area is 442 Å². The summed E-state index contributed by atoms with van der Waals surface area (Å²) >= 11 is 0. The molecule has 0 aromatic rings. The highest BCUT2D eigenvalue weighted by atomic mass is 31.2. The molecule has 0 aliphatic heterocycles. The lowest BCUT2D eigenvalue weighted by molar-refractivity contribution is -0.870. The molecule has 0 spiro atoms. The Morgan fingerprint density at radius 1 is 0.500 bits per heavy atom. The highest BCUT2D eigenvalue weighted by Crippen LogP contribution is 2.38. The van der Waals surface area contributed by atoms with E-state index < -0.39 is 26.6 Å². The zero-order chi connectivity index (χ0) is 52.7. The summed E-state index contributed by atoms with van der Waals surface area (Å²) in [4.78, 5) is 25.4. The zero-order valence-electron chi connectivity index (χ0n) is 46.3. The number of unbranched alkanes of at least 4 members (excludes halogenated alkanes) is 14. The van der Waals surface area contributed by atoms with Gasteiger partial charge in [-0.15, -0.1) is 0 Å². The Morgan fingerprint density at radius 3 is 1.29 bits per heavy atom. The summed E-state index contributed by atoms with van der Waals surface area (Å²) in [5, 5.41) is 13.8. The largest absolute Gasteiger partial charge is 0.756 e. The number of carbonyl (C=O) groups is 1. The van der Waals surface area contributed by atoms with Crippen LogP contribution in [-0.2, 0) is 18.4 Å². The zero-order valence-corrected chi connectivity index (χ0v) is 47.2. The Kier molecular flexibility index (Phi) is 49.6. The fourth-order valence-corrected chi connectivity index (χ4v) is 7.86. The number of allylic oxidation sites excluding steroid dienone is 23. The molecule has 0 saturated heterocycles. The van der Waals surface area contributed by atoms with Gasteiger partial charge < -0.3 is 28.8 Å². The highest BCUT2D eigenvalue weighted by molar-refractivity contribution is 7.45. The fraction of sp³-hybridized carbons (Fsp3) is 0.603. The molecule has 0 aliphatic rings. The number of aliphatic hydroxyl groups is 1. The second-order valence-corrected chi connectivity index (χ2v) is 21.0. The number of aliphatic hydroxyl groups excluding tert-OH is 1. The molecule has 8 nitrogen and oxygen atoms in total. The molecule has 0 heterocycles. The standard InChI is InChI=1S/C63H105N2O6P/c1-6-8-10-12-14-16-18-20-22-24-25-26-27-28-29-30-31-32-33-34-35-36-37-38-39-41-43-45-47-49-51-53-55-57-63(67)64-61(60-71-72(68,69)70-59-58-65(3,4)5)62(66)56-54-52-50-48-46-44-42-40-23-21-19-17-15-13-11-9-7-2/h8,10,14,16,20,22,25-26,28-29,31-32,34-35,37-38,41,43,46-49,54,56,61-62,66H,6-7,9,11-13,15,17-19,21,23-24,27,30,33,36,39-40,42,44-45,50-53,55,57-60H2,1-5H3,(H-,64,67,68,69)/b10-8-,16-14-,22-20-,26-25-,29-28-,32-31-,35-34-,38-37-,43-41-,48-46+,49-47-,56-54+. The fourth-order valence-electron chi connectivity index (χ4n) is 7.14. The molecule has 0 fully saturated rings. The maximum atomic E-state index is 12.9. The number of hydrogen-bond acceptors (Lipinski definition) is 6. The third kappa shape index (κ3) is 54.2. The maximum absolute atomic E-state index is 12.9. The van der Waals surface area contributed by atoms with Gasteiger partial charge in [0.05, 0.1) is 39.9 Å². The second-order valence-electron chi connectivity index (χ2n) is 19.5. The van der Waals surface area contributed by atoms with Gasteiger partial charge in [-0.25, -0.2) is 0 Å². The molecule has 1 amide bonds. The first-order valence-corrected chi connectivity index (χ1v) is 29.7. The van der Waals surface area contributed by atoms with Crippen molar-refractivity contribution in [1.82, 2.24) is 5.32 Å². The molecule has 0 saturated carbocycles. The van der Waals surface area contributed by atoms with Crippen molar-refractivity contribution < 1.29 is 32.9 Å². The van der Waals surface area contributed by atoms with Gasteiger partial charge in [-0.1, -0.05) is 224 Å². The van der Waals surface area contributed by atoms with Crippen molar-refractivity contribution >= 4 is 13.7 Å². The normalized spacial score (nSPS) is 15.0. The number of quaternary nitrogens is 1. The topological polar surface area (TPSA) is 108 Å². The van der Waals surface area contributed by atoms with Gasteiger partial charge in [-0.05, 0) is 109 Å². The summed E-state index contributed by atoms with van der Waals surface area (Å²) < 4.78 is 23.3. The van der Waals surface area contributed by atoms with Gasteiger partial charge in [0.2, 0.25) is 5.91 Å². The first-order valence-electron chi connectivity index (χ1n) is 28.2. The van der Waals surface area contributed by atoms with Crippen molar-refractivity contribution in [2.24, 2.45) is 0 Å². The van der Waals surface area contributed by atoms with E-state index in [1.807, 2.05) is 27.2 Å². The van der Waals surface area contributed by atoms with Gasteiger partial charge >= 0.3 is 0 Å². The minimum atomic E-state index is -4.63. The monoisotopic (exact) mass is 1020 g/mol. The Bertz CT molecular complexity index is 1670. The van der Waals surface area contributed by atoms with Crippen LogP contribution in [0.15, 0.2) is 146 Å². The first-order chi connectivity index (χ1) is 35.0. The van der Waals surface area contributed by atoms with Gasteiger partial charge in [0, 0.05) is 6.42 Å². The first kappa shape index (κ1) is 68.4. The third-order valence-electron chi connectivity index (χ3n) is 11.5. The predicted molar refractivity (Wildman–Crippen MR) is 311 cm³/mol. The van der Waals surface area contributed by atoms with Crippen molar-refractivity contribution in [2.45, 2.75) is 206 Å². The summed E-state index contributed by atoms with van der Waals surface area (Å²) in [6.45, 7) is 4.46. The summed E-state index contributed by atoms with van der Waals surface area (Å²) in [6, 6.07) is -0.938. The molecule has 9 heteroatoms. The number of nitrogens with one attached hydrogen (secondary N) is 1. The van der Waals surface area contributed by atoms with Crippen LogP contribution in [0.25, 0.3) is 0 Å². The quantitative estimate of drug-likeness (QED) is 0.0272. The molecule has 72 heavy (non-hydrogen) atoms. The Morgan fingerprint density at radius 2 is 0.861 bits per heavy atom. The number of carbonyl (C=O) groups excluding carboxylic acids is 1. The van der Waals surface area contributed by atoms with Gasteiger partial charge in [0.1, 0.15) is 13.2 Å². The molecule has 408 valence electrons. The summed E-state index contributed by atoms with van der Waals surface area (Å²) in [6.07, 6.45) is 80.7. The molecule has 0 bridgehead atoms. The van der Waals surface area contributed by atoms with Gasteiger partial charge in [0.25, 0.3) is 7.82 Å². The van der Waals surface area contributed by atoms with Crippen molar-refractivity contribution in [2.75, 3.05) is 40.9 Å². The number of likely N-dealkylation sites (N-methyl/N-ethyl adjacent to an activating group) is 1. The van der Waals surface area contributed by atoms with E-state index in [1.165, 1.54) is 70.6 Å². The molecule has 3 atom stereocenters. The maximum Gasteiger partial charge on any atom is 0.268 e. The molecule has 0 radical (unpaired) electrons. The minimum Gasteiger partial charge on any atom is -0.756 e. The average molecular weight is 1020 g/mol. The van der Waals surface area contributed by atoms with Crippen molar-refractivity contribution in [1.29, 1.82) is 0 Å². The average Bonchev–Trinajstić information content (AvgIpc) is 3.34. The number of amides is 1. The van der Waals surface area contributed by atoms with E-state index in [9.17, 15) is 19.4 Å². The van der Waals surface area contributed by atoms with E-state index in [4.69, 9.17) is 9.05 Å². The minimum absolute atomic E-state index is 0.0235. The lowest BCUT2D eigenvalue weighted by Gasteiger charge is -2.29. The van der Waals surface area contributed by atoms with Gasteiger partial charge in [-0.3, -0.25) is 9.36 Å². The lowest BCUT2D eigenvalue weighted by atomic mass is 10.1. The second kappa shape index (κ2) is 52.3. The van der Waals surface area contributed by atoms with Crippen molar-refractivity contribution in [3.63, 3.8) is 0 Å². The number of phosphoric ester groups is 1. The van der Waals surface area contributed by atoms with E-state index in [0.717, 1.165) is 96.3 Å². The van der Waals surface area contributed by atoms with Crippen molar-refractivity contribution in [3.8, 4) is 0 Å². The number of rotatable bonds is 49. The molecule has 0 aromatic heterocycles. The molecule has 0 aliphatic carbocycles. The van der Waals surface area contributed by atoms with Crippen LogP contribution in [0.4, 0.5) is 0 Å². The number of phosphoric acid groups is 1. The predicted octanol–water partition coefficient (Wildman–Crippen LogP) is 16.7. The van der Waals surface area contributed by atoms with Crippen LogP contribution in [-0.4, -0.2) is 68.5 Å². The van der Waals surface area contributed by atoms with Gasteiger partial charge in [0.15, 0.2) is 0 Å². The number of hydrogen-bond donors (Lipinski definition) is 2. The molecule has 3 unspecified atom stereocenters. The van der Waals surface area contributed by atoms with E-state index in [1.54, 1.807) is 6.08 Å². The van der Waals surface area contributed by atoms with Crippen LogP contribution in [0.3, 0.4) is 0 Å². The lowest BCUT2D eigenvalue weighted by Crippen LogP contribution is -2.45. The van der Waals surface area contributed by atoms with Crippen molar-refractivity contribution in [3.05, 3.63) is 146 Å². The van der Waals surface area contributed by atoms with Crippen LogP contribution in [0, 0.1) is 0 Å². The highest BCUT2D eigenvalue weighted by Gasteiger charge is 2.23. The van der Waals surface area contributed by atoms with Crippen LogP contribution in [0.5, 0.6) is 0 Å². The van der Waals surface area contributed by atoms with E-state index in [-0.39, 0.29) is 18.9 Å². The summed E-state index contributed by atoms with van der Waals surface area (Å²) in [5.41, 5.74) is 0. The summed E-state index contributed by atoms with van der Waals surface area (Å²) in [7, 11) is 1.19. The van der Waals surface area contributed by atoms with Crippen LogP contribution < -0.4 is 10.2 Å². The SMILES string of the molecule is CC/C=C\C/C=C\C/C=C\C/C=C\C/C=C\C/C=C\C/C=C\C/C=C\C/C=C\C/C=C\CCCCC(=O)NC(COP(=O)([O-])OCC[N+](C)(C)C)C(O)/C=C/CC/C=C/CCCCCCCCCCCCC. The molecule has 2 N–H and O–H groups in total.